The molecule has 1 aromatic rings. The first kappa shape index (κ1) is 19.9. The highest BCUT2D eigenvalue weighted by molar-refractivity contribution is 5.27. The Bertz CT molecular complexity index is 740. The van der Waals surface area contributed by atoms with Gasteiger partial charge in [0.25, 0.3) is 0 Å². The lowest BCUT2D eigenvalue weighted by Crippen LogP contribution is -2.50. The number of hydrogen-bond donors (Lipinski definition) is 1. The van der Waals surface area contributed by atoms with Gasteiger partial charge < -0.3 is 14.9 Å². The molecule has 0 spiro atoms. The van der Waals surface area contributed by atoms with E-state index in [9.17, 15) is 0 Å². The summed E-state index contributed by atoms with van der Waals surface area (Å²) in [5.41, 5.74) is 9.68. The standard InChI is InChI=1S/C26H39NO2/c1-25-11-8-20(29-14-3-13-27)16-19(25)4-5-21-23-7-6-22(18-10-15-28-17-18)26(23,2)12-9-24(21)25/h10,15-17,20-24H,3-9,11-14,27H2,1-2H3/t20?,21-,22?,23-,24+,25-,26+/m0/s1. The van der Waals surface area contributed by atoms with Crippen molar-refractivity contribution in [3.63, 3.8) is 0 Å². The maximum atomic E-state index is 6.13. The van der Waals surface area contributed by atoms with Crippen LogP contribution in [0, 0.1) is 28.6 Å². The van der Waals surface area contributed by atoms with Gasteiger partial charge in [-0.05, 0) is 110 Å². The third-order valence-electron chi connectivity index (χ3n) is 9.70. The zero-order chi connectivity index (χ0) is 20.1. The minimum absolute atomic E-state index is 0.326. The molecule has 0 saturated heterocycles. The SMILES string of the molecule is C[C@]12CCC(OCCCN)C=C1CC[C@@H]1[C@H]2CC[C@]2(C)C(c3ccoc3)CC[C@@H]12. The van der Waals surface area contributed by atoms with Crippen LogP contribution in [0.2, 0.25) is 0 Å². The fraction of sp³-hybridized carbons (Fsp3) is 0.769. The van der Waals surface area contributed by atoms with Crippen molar-refractivity contribution in [1.82, 2.24) is 0 Å². The topological polar surface area (TPSA) is 48.4 Å². The van der Waals surface area contributed by atoms with Gasteiger partial charge in [-0.3, -0.25) is 0 Å². The highest BCUT2D eigenvalue weighted by Crippen LogP contribution is 2.68. The first-order valence-electron chi connectivity index (χ1n) is 12.1. The van der Waals surface area contributed by atoms with E-state index in [0.717, 1.165) is 37.3 Å². The molecule has 7 atom stereocenters. The van der Waals surface area contributed by atoms with E-state index in [0.29, 0.717) is 22.9 Å². The lowest BCUT2D eigenvalue weighted by atomic mass is 9.46. The molecular weight excluding hydrogens is 358 g/mol. The lowest BCUT2D eigenvalue weighted by Gasteiger charge is -2.58. The molecule has 4 aliphatic carbocycles. The molecule has 0 aliphatic heterocycles. The Labute approximate surface area is 176 Å². The highest BCUT2D eigenvalue weighted by Gasteiger charge is 2.59. The number of furan rings is 1. The smallest absolute Gasteiger partial charge is 0.0937 e. The summed E-state index contributed by atoms with van der Waals surface area (Å²) in [5.74, 6) is 3.36. The predicted octanol–water partition coefficient (Wildman–Crippen LogP) is 6.06. The van der Waals surface area contributed by atoms with Gasteiger partial charge in [0.2, 0.25) is 0 Å². The van der Waals surface area contributed by atoms with E-state index < -0.39 is 0 Å². The summed E-state index contributed by atoms with van der Waals surface area (Å²) in [4.78, 5) is 0. The summed E-state index contributed by atoms with van der Waals surface area (Å²) in [6.07, 6.45) is 18.4. The number of nitrogens with two attached hydrogens (primary N) is 1. The van der Waals surface area contributed by atoms with Crippen molar-refractivity contribution in [1.29, 1.82) is 0 Å². The summed E-state index contributed by atoms with van der Waals surface area (Å²) in [6, 6.07) is 2.22. The van der Waals surface area contributed by atoms with E-state index in [-0.39, 0.29) is 0 Å². The van der Waals surface area contributed by atoms with E-state index >= 15 is 0 Å². The van der Waals surface area contributed by atoms with Gasteiger partial charge in [0, 0.05) is 6.61 Å². The molecule has 0 radical (unpaired) electrons. The van der Waals surface area contributed by atoms with Crippen LogP contribution in [-0.2, 0) is 4.74 Å². The van der Waals surface area contributed by atoms with Crippen LogP contribution in [0.3, 0.4) is 0 Å². The summed E-state index contributed by atoms with van der Waals surface area (Å²) >= 11 is 0. The zero-order valence-corrected chi connectivity index (χ0v) is 18.4. The maximum Gasteiger partial charge on any atom is 0.0937 e. The number of rotatable bonds is 5. The first-order valence-corrected chi connectivity index (χ1v) is 12.1. The fourth-order valence-electron chi connectivity index (χ4n) is 8.17. The molecule has 0 aromatic carbocycles. The highest BCUT2D eigenvalue weighted by atomic mass is 16.5. The zero-order valence-electron chi connectivity index (χ0n) is 18.4. The number of ether oxygens (including phenoxy) is 1. The molecule has 5 rings (SSSR count). The number of fused-ring (bicyclic) bond motifs is 5. The molecular formula is C26H39NO2. The van der Waals surface area contributed by atoms with Crippen LogP contribution in [0.1, 0.15) is 83.1 Å². The average molecular weight is 398 g/mol. The minimum Gasteiger partial charge on any atom is -0.472 e. The van der Waals surface area contributed by atoms with E-state index in [4.69, 9.17) is 14.9 Å². The van der Waals surface area contributed by atoms with Crippen LogP contribution < -0.4 is 5.73 Å². The van der Waals surface area contributed by atoms with Gasteiger partial charge in [-0.2, -0.15) is 0 Å². The van der Waals surface area contributed by atoms with E-state index in [2.05, 4.69) is 26.0 Å². The summed E-state index contributed by atoms with van der Waals surface area (Å²) in [5, 5.41) is 0. The minimum atomic E-state index is 0.326. The summed E-state index contributed by atoms with van der Waals surface area (Å²) in [6.45, 7) is 6.74. The van der Waals surface area contributed by atoms with Crippen molar-refractivity contribution in [2.45, 2.75) is 83.7 Å². The second kappa shape index (κ2) is 7.57. The quantitative estimate of drug-likeness (QED) is 0.485. The molecule has 1 aromatic heterocycles. The summed E-state index contributed by atoms with van der Waals surface area (Å²) in [7, 11) is 0. The van der Waals surface area contributed by atoms with Crippen LogP contribution >= 0.6 is 0 Å². The normalized spacial score (nSPS) is 44.0. The monoisotopic (exact) mass is 397 g/mol. The second-order valence-electron chi connectivity index (χ2n) is 10.8. The number of allylic oxidation sites excluding steroid dienone is 1. The Balaban J connectivity index is 1.35. The molecule has 2 unspecified atom stereocenters. The molecule has 3 saturated carbocycles. The first-order chi connectivity index (χ1) is 14.1. The van der Waals surface area contributed by atoms with E-state index in [1.807, 2.05) is 12.5 Å². The largest absolute Gasteiger partial charge is 0.472 e. The van der Waals surface area contributed by atoms with Crippen LogP contribution in [0.15, 0.2) is 34.7 Å². The average Bonchev–Trinajstić information content (AvgIpc) is 3.35. The Morgan fingerprint density at radius 3 is 2.79 bits per heavy atom. The van der Waals surface area contributed by atoms with Crippen molar-refractivity contribution >= 4 is 0 Å². The van der Waals surface area contributed by atoms with Gasteiger partial charge in [-0.25, -0.2) is 0 Å². The predicted molar refractivity (Wildman–Crippen MR) is 117 cm³/mol. The van der Waals surface area contributed by atoms with Crippen molar-refractivity contribution < 1.29 is 9.15 Å². The molecule has 3 nitrogen and oxygen atoms in total. The van der Waals surface area contributed by atoms with Gasteiger partial charge in [0.15, 0.2) is 0 Å². The summed E-state index contributed by atoms with van der Waals surface area (Å²) < 4.78 is 11.6. The molecule has 3 fully saturated rings. The molecule has 2 N–H and O–H groups in total. The van der Waals surface area contributed by atoms with Gasteiger partial charge in [0.1, 0.15) is 0 Å². The number of hydrogen-bond acceptors (Lipinski definition) is 3. The molecule has 0 amide bonds. The maximum absolute atomic E-state index is 6.13. The van der Waals surface area contributed by atoms with Crippen LogP contribution in [0.25, 0.3) is 0 Å². The van der Waals surface area contributed by atoms with E-state index in [1.54, 1.807) is 5.57 Å². The van der Waals surface area contributed by atoms with Gasteiger partial charge in [-0.15, -0.1) is 0 Å². The van der Waals surface area contributed by atoms with Crippen molar-refractivity contribution in [2.24, 2.45) is 34.3 Å². The van der Waals surface area contributed by atoms with Crippen molar-refractivity contribution in [3.05, 3.63) is 35.8 Å². The Morgan fingerprint density at radius 1 is 1.10 bits per heavy atom. The van der Waals surface area contributed by atoms with Crippen LogP contribution in [-0.4, -0.2) is 19.3 Å². The van der Waals surface area contributed by atoms with Crippen molar-refractivity contribution in [3.8, 4) is 0 Å². The molecule has 4 aliphatic rings. The molecule has 3 heteroatoms. The Kier molecular flexibility index (Phi) is 5.19. The van der Waals surface area contributed by atoms with E-state index in [1.165, 1.54) is 56.9 Å². The van der Waals surface area contributed by atoms with Gasteiger partial charge in [0.05, 0.1) is 18.6 Å². The molecule has 160 valence electrons. The third-order valence-corrected chi connectivity index (χ3v) is 9.70. The third kappa shape index (κ3) is 3.15. The lowest BCUT2D eigenvalue weighted by molar-refractivity contribution is -0.0502. The van der Waals surface area contributed by atoms with Crippen molar-refractivity contribution in [2.75, 3.05) is 13.2 Å². The second-order valence-corrected chi connectivity index (χ2v) is 10.8. The van der Waals surface area contributed by atoms with Crippen LogP contribution in [0.4, 0.5) is 0 Å². The van der Waals surface area contributed by atoms with Gasteiger partial charge >= 0.3 is 0 Å². The van der Waals surface area contributed by atoms with Gasteiger partial charge in [-0.1, -0.05) is 25.5 Å². The fourth-order valence-corrected chi connectivity index (χ4v) is 8.17. The Hall–Kier alpha value is -1.06. The molecule has 1 heterocycles. The van der Waals surface area contributed by atoms with Crippen LogP contribution in [0.5, 0.6) is 0 Å². The Morgan fingerprint density at radius 2 is 2.00 bits per heavy atom. The molecule has 0 bridgehead atoms. The molecule has 29 heavy (non-hydrogen) atoms.